The van der Waals surface area contributed by atoms with Crippen molar-refractivity contribution in [2.24, 2.45) is 5.92 Å². The Bertz CT molecular complexity index is 1040. The van der Waals surface area contributed by atoms with E-state index in [1.165, 1.54) is 16.5 Å². The first-order valence-corrected chi connectivity index (χ1v) is 10.9. The molecule has 4 rings (SSSR count). The molecule has 31 heavy (non-hydrogen) atoms. The molecule has 1 unspecified atom stereocenters. The van der Waals surface area contributed by atoms with Gasteiger partial charge < -0.3 is 20.1 Å². The Hall–Kier alpha value is -3.28. The van der Waals surface area contributed by atoms with Gasteiger partial charge in [0.1, 0.15) is 0 Å². The summed E-state index contributed by atoms with van der Waals surface area (Å²) in [5.74, 6) is 0.0973. The van der Waals surface area contributed by atoms with E-state index in [1.807, 2.05) is 35.2 Å². The van der Waals surface area contributed by atoms with Crippen LogP contribution in [0.5, 0.6) is 0 Å². The molecule has 2 aromatic carbocycles. The Morgan fingerprint density at radius 3 is 2.45 bits per heavy atom. The Morgan fingerprint density at radius 2 is 1.74 bits per heavy atom. The summed E-state index contributed by atoms with van der Waals surface area (Å²) in [6.07, 6.45) is 3.46. The van der Waals surface area contributed by atoms with E-state index in [1.54, 1.807) is 19.0 Å². The lowest BCUT2D eigenvalue weighted by molar-refractivity contribution is -0.126. The van der Waals surface area contributed by atoms with E-state index in [-0.39, 0.29) is 23.8 Å². The number of H-pyrrole nitrogens is 1. The molecule has 1 saturated heterocycles. The number of amides is 3. The van der Waals surface area contributed by atoms with Crippen molar-refractivity contribution >= 4 is 22.8 Å². The number of urea groups is 1. The minimum Gasteiger partial charge on any atom is -0.361 e. The van der Waals surface area contributed by atoms with E-state index < -0.39 is 0 Å². The predicted octanol–water partition coefficient (Wildman–Crippen LogP) is 3.81. The van der Waals surface area contributed by atoms with E-state index >= 15 is 0 Å². The Kier molecular flexibility index (Phi) is 6.26. The van der Waals surface area contributed by atoms with Crippen LogP contribution in [-0.4, -0.2) is 60.5 Å². The summed E-state index contributed by atoms with van der Waals surface area (Å²) in [6.45, 7) is 1.79. The molecule has 0 radical (unpaired) electrons. The van der Waals surface area contributed by atoms with Crippen molar-refractivity contribution in [2.75, 3.05) is 33.7 Å². The molecule has 1 aliphatic heterocycles. The zero-order valence-corrected chi connectivity index (χ0v) is 18.2. The fraction of sp³-hybridized carbons (Fsp3) is 0.360. The molecule has 0 spiro atoms. The topological polar surface area (TPSA) is 68.4 Å². The van der Waals surface area contributed by atoms with Crippen LogP contribution in [-0.2, 0) is 4.79 Å². The molecular weight excluding hydrogens is 388 g/mol. The largest absolute Gasteiger partial charge is 0.361 e. The number of nitrogens with one attached hydrogen (secondary N) is 2. The van der Waals surface area contributed by atoms with Crippen LogP contribution in [0.3, 0.4) is 0 Å². The molecule has 0 saturated carbocycles. The zero-order valence-electron chi connectivity index (χ0n) is 18.2. The molecule has 3 aromatic rings. The number of rotatable bonds is 5. The summed E-state index contributed by atoms with van der Waals surface area (Å²) in [4.78, 5) is 31.8. The number of carbonyl (C=O) groups is 2. The van der Waals surface area contributed by atoms with E-state index in [9.17, 15) is 9.59 Å². The van der Waals surface area contributed by atoms with Gasteiger partial charge in [0.25, 0.3) is 0 Å². The van der Waals surface area contributed by atoms with Gasteiger partial charge in [0.15, 0.2) is 0 Å². The molecular formula is C25H30N4O2. The highest BCUT2D eigenvalue weighted by atomic mass is 16.2. The normalized spacial score (nSPS) is 15.6. The van der Waals surface area contributed by atoms with Crippen LogP contribution in [0.2, 0.25) is 0 Å². The zero-order chi connectivity index (χ0) is 21.8. The number of hydrogen-bond acceptors (Lipinski definition) is 2. The van der Waals surface area contributed by atoms with E-state index in [2.05, 4.69) is 40.8 Å². The number of fused-ring (bicyclic) bond motifs is 1. The standard InChI is InChI=1S/C25H30N4O2/c1-28(2)25(31)29-14-12-19(13-15-29)24(30)27-16-21(18-8-4-3-5-9-18)22-17-26-23-11-7-6-10-20(22)23/h3-11,17,19,21,26H,12-16H2,1-2H3,(H,27,30). The maximum absolute atomic E-state index is 12.9. The number of nitrogens with zero attached hydrogens (tertiary/aromatic N) is 2. The molecule has 0 bridgehead atoms. The third kappa shape index (κ3) is 4.58. The van der Waals surface area contributed by atoms with Crippen molar-refractivity contribution in [3.63, 3.8) is 0 Å². The second kappa shape index (κ2) is 9.25. The average Bonchev–Trinajstić information content (AvgIpc) is 3.23. The summed E-state index contributed by atoms with van der Waals surface area (Å²) in [6, 6.07) is 18.6. The minimum atomic E-state index is -0.0504. The average molecular weight is 419 g/mol. The number of carbonyl (C=O) groups excluding carboxylic acids is 2. The molecule has 0 aliphatic carbocycles. The van der Waals surface area contributed by atoms with Crippen molar-refractivity contribution in [1.29, 1.82) is 0 Å². The molecule has 3 amide bonds. The van der Waals surface area contributed by atoms with Crippen LogP contribution in [0.1, 0.15) is 29.9 Å². The lowest BCUT2D eigenvalue weighted by atomic mass is 9.90. The number of aromatic amines is 1. The van der Waals surface area contributed by atoms with Gasteiger partial charge in [0, 0.05) is 62.7 Å². The molecule has 1 fully saturated rings. The predicted molar refractivity (Wildman–Crippen MR) is 123 cm³/mol. The quantitative estimate of drug-likeness (QED) is 0.662. The number of hydrogen-bond donors (Lipinski definition) is 2. The highest BCUT2D eigenvalue weighted by molar-refractivity contribution is 5.84. The van der Waals surface area contributed by atoms with Gasteiger partial charge in [-0.2, -0.15) is 0 Å². The Balaban J connectivity index is 1.45. The lowest BCUT2D eigenvalue weighted by Gasteiger charge is -2.33. The second-order valence-corrected chi connectivity index (χ2v) is 8.44. The highest BCUT2D eigenvalue weighted by Crippen LogP contribution is 2.30. The van der Waals surface area contributed by atoms with Crippen molar-refractivity contribution in [3.8, 4) is 0 Å². The van der Waals surface area contributed by atoms with Crippen molar-refractivity contribution in [3.05, 3.63) is 71.9 Å². The molecule has 2 heterocycles. The SMILES string of the molecule is CN(C)C(=O)N1CCC(C(=O)NCC(c2ccccc2)c2c[nH]c3ccccc23)CC1. The third-order valence-electron chi connectivity index (χ3n) is 6.20. The second-order valence-electron chi connectivity index (χ2n) is 8.44. The number of para-hydroxylation sites is 1. The van der Waals surface area contributed by atoms with Crippen LogP contribution < -0.4 is 5.32 Å². The van der Waals surface area contributed by atoms with Gasteiger partial charge in [0.05, 0.1) is 0 Å². The maximum atomic E-state index is 12.9. The fourth-order valence-electron chi connectivity index (χ4n) is 4.44. The van der Waals surface area contributed by atoms with Gasteiger partial charge in [-0.25, -0.2) is 4.79 Å². The van der Waals surface area contributed by atoms with Crippen molar-refractivity contribution in [1.82, 2.24) is 20.1 Å². The smallest absolute Gasteiger partial charge is 0.319 e. The molecule has 6 heteroatoms. The molecule has 1 aliphatic rings. The van der Waals surface area contributed by atoms with Crippen LogP contribution in [0.15, 0.2) is 60.8 Å². The summed E-state index contributed by atoms with van der Waals surface area (Å²) in [5.41, 5.74) is 3.47. The molecule has 6 nitrogen and oxygen atoms in total. The fourth-order valence-corrected chi connectivity index (χ4v) is 4.44. The Morgan fingerprint density at radius 1 is 1.06 bits per heavy atom. The summed E-state index contributed by atoms with van der Waals surface area (Å²) in [5, 5.41) is 4.39. The van der Waals surface area contributed by atoms with Crippen LogP contribution in [0, 0.1) is 5.92 Å². The third-order valence-corrected chi connectivity index (χ3v) is 6.20. The van der Waals surface area contributed by atoms with E-state index in [4.69, 9.17) is 0 Å². The van der Waals surface area contributed by atoms with Gasteiger partial charge in [-0.3, -0.25) is 4.79 Å². The van der Waals surface area contributed by atoms with Crippen molar-refractivity contribution in [2.45, 2.75) is 18.8 Å². The summed E-state index contributed by atoms with van der Waals surface area (Å²) >= 11 is 0. The van der Waals surface area contributed by atoms with Gasteiger partial charge in [0.2, 0.25) is 5.91 Å². The minimum absolute atomic E-state index is 0.0161. The molecule has 162 valence electrons. The first-order chi connectivity index (χ1) is 15.0. The van der Waals surface area contributed by atoms with Gasteiger partial charge in [-0.1, -0.05) is 48.5 Å². The van der Waals surface area contributed by atoms with Crippen LogP contribution in [0.4, 0.5) is 4.79 Å². The van der Waals surface area contributed by atoms with Gasteiger partial charge in [-0.05, 0) is 30.0 Å². The number of benzene rings is 2. The monoisotopic (exact) mass is 418 g/mol. The van der Waals surface area contributed by atoms with Gasteiger partial charge >= 0.3 is 6.03 Å². The number of aromatic nitrogens is 1. The lowest BCUT2D eigenvalue weighted by Crippen LogP contribution is -2.46. The van der Waals surface area contributed by atoms with E-state index in [0.717, 1.165) is 5.52 Å². The molecule has 1 atom stereocenters. The van der Waals surface area contributed by atoms with Crippen LogP contribution >= 0.6 is 0 Å². The van der Waals surface area contributed by atoms with Crippen molar-refractivity contribution < 1.29 is 9.59 Å². The van der Waals surface area contributed by atoms with E-state index in [0.29, 0.717) is 32.5 Å². The molecule has 2 N–H and O–H groups in total. The number of likely N-dealkylation sites (tertiary alicyclic amines) is 1. The summed E-state index contributed by atoms with van der Waals surface area (Å²) < 4.78 is 0. The first kappa shape index (κ1) is 21.0. The summed E-state index contributed by atoms with van der Waals surface area (Å²) in [7, 11) is 3.52. The van der Waals surface area contributed by atoms with Gasteiger partial charge in [-0.15, -0.1) is 0 Å². The van der Waals surface area contributed by atoms with Crippen LogP contribution in [0.25, 0.3) is 10.9 Å². The maximum Gasteiger partial charge on any atom is 0.319 e. The first-order valence-electron chi connectivity index (χ1n) is 10.9. The Labute approximate surface area is 183 Å². The number of piperidine rings is 1. The highest BCUT2D eigenvalue weighted by Gasteiger charge is 2.28. The molecule has 1 aromatic heterocycles.